The van der Waals surface area contributed by atoms with Crippen molar-refractivity contribution in [1.29, 1.82) is 0 Å². The maximum atomic E-state index is 12.2. The number of primary amides is 1. The van der Waals surface area contributed by atoms with Gasteiger partial charge >= 0.3 is 6.18 Å². The van der Waals surface area contributed by atoms with E-state index in [1.54, 1.807) is 0 Å². The maximum Gasteiger partial charge on any atom is 0.434 e. The molecule has 0 fully saturated rings. The first-order chi connectivity index (χ1) is 6.32. The summed E-state index contributed by atoms with van der Waals surface area (Å²) in [4.78, 5) is 13.7. The molecule has 0 radical (unpaired) electrons. The SMILES string of the molecule is NC(=O)c1cnc(C(F)(F)F)c(Br)c1. The average Bonchev–Trinajstić information content (AvgIpc) is 2.01. The molecule has 0 aliphatic carbocycles. The third-order valence-electron chi connectivity index (χ3n) is 1.39. The van der Waals surface area contributed by atoms with E-state index in [0.29, 0.717) is 0 Å². The van der Waals surface area contributed by atoms with Gasteiger partial charge in [-0.05, 0) is 22.0 Å². The Bertz CT molecular complexity index is 378. The second-order valence-electron chi connectivity index (χ2n) is 2.42. The lowest BCUT2D eigenvalue weighted by Gasteiger charge is -2.07. The predicted molar refractivity (Wildman–Crippen MR) is 45.5 cm³/mol. The molecule has 0 unspecified atom stereocenters. The van der Waals surface area contributed by atoms with Gasteiger partial charge in [0.2, 0.25) is 5.91 Å². The molecule has 0 atom stereocenters. The van der Waals surface area contributed by atoms with E-state index in [9.17, 15) is 18.0 Å². The van der Waals surface area contributed by atoms with E-state index in [0.717, 1.165) is 12.3 Å². The summed E-state index contributed by atoms with van der Waals surface area (Å²) in [7, 11) is 0. The van der Waals surface area contributed by atoms with E-state index in [1.165, 1.54) is 0 Å². The van der Waals surface area contributed by atoms with Gasteiger partial charge in [-0.3, -0.25) is 4.79 Å². The summed E-state index contributed by atoms with van der Waals surface area (Å²) in [6.07, 6.45) is -3.76. The van der Waals surface area contributed by atoms with Crippen LogP contribution in [0, 0.1) is 0 Å². The van der Waals surface area contributed by atoms with Crippen molar-refractivity contribution in [3.05, 3.63) is 28.0 Å². The molecule has 0 saturated carbocycles. The van der Waals surface area contributed by atoms with Crippen LogP contribution < -0.4 is 5.73 Å². The molecular weight excluding hydrogens is 265 g/mol. The molecule has 0 aliphatic rings. The standard InChI is InChI=1S/C7H4BrF3N2O/c8-4-1-3(6(12)14)2-13-5(4)7(9,10)11/h1-2H,(H2,12,14). The maximum absolute atomic E-state index is 12.2. The fourth-order valence-electron chi connectivity index (χ4n) is 0.781. The highest BCUT2D eigenvalue weighted by Crippen LogP contribution is 2.33. The Balaban J connectivity index is 3.21. The van der Waals surface area contributed by atoms with Gasteiger partial charge in [-0.1, -0.05) is 0 Å². The van der Waals surface area contributed by atoms with Crippen molar-refractivity contribution in [3.8, 4) is 0 Å². The van der Waals surface area contributed by atoms with Crippen LogP contribution in [-0.2, 0) is 6.18 Å². The van der Waals surface area contributed by atoms with Crippen LogP contribution in [0.15, 0.2) is 16.7 Å². The minimum absolute atomic E-state index is 0.0788. The molecule has 0 saturated heterocycles. The van der Waals surface area contributed by atoms with Crippen LogP contribution in [0.25, 0.3) is 0 Å². The highest BCUT2D eigenvalue weighted by Gasteiger charge is 2.35. The van der Waals surface area contributed by atoms with E-state index in [4.69, 9.17) is 5.73 Å². The summed E-state index contributed by atoms with van der Waals surface area (Å²) >= 11 is 2.66. The first-order valence-corrected chi connectivity index (χ1v) is 4.14. The Morgan fingerprint density at radius 1 is 1.50 bits per heavy atom. The summed E-state index contributed by atoms with van der Waals surface area (Å²) in [5.74, 6) is -0.827. The highest BCUT2D eigenvalue weighted by atomic mass is 79.9. The molecule has 14 heavy (non-hydrogen) atoms. The average molecular weight is 269 g/mol. The second kappa shape index (κ2) is 3.56. The quantitative estimate of drug-likeness (QED) is 0.847. The summed E-state index contributed by atoms with van der Waals surface area (Å²) < 4.78 is 36.2. The Morgan fingerprint density at radius 2 is 2.07 bits per heavy atom. The van der Waals surface area contributed by atoms with E-state index < -0.39 is 17.8 Å². The number of carbonyl (C=O) groups is 1. The lowest BCUT2D eigenvalue weighted by molar-refractivity contribution is -0.141. The van der Waals surface area contributed by atoms with Crippen molar-refractivity contribution < 1.29 is 18.0 Å². The number of rotatable bonds is 1. The number of nitrogens with zero attached hydrogens (tertiary/aromatic N) is 1. The van der Waals surface area contributed by atoms with Gasteiger partial charge in [-0.15, -0.1) is 0 Å². The highest BCUT2D eigenvalue weighted by molar-refractivity contribution is 9.10. The molecule has 0 spiro atoms. The van der Waals surface area contributed by atoms with E-state index >= 15 is 0 Å². The zero-order valence-electron chi connectivity index (χ0n) is 6.60. The van der Waals surface area contributed by atoms with Crippen molar-refractivity contribution in [3.63, 3.8) is 0 Å². The number of hydrogen-bond donors (Lipinski definition) is 1. The third-order valence-corrected chi connectivity index (χ3v) is 2.00. The number of amides is 1. The molecule has 1 aromatic rings. The third kappa shape index (κ3) is 2.22. The minimum Gasteiger partial charge on any atom is -0.366 e. The van der Waals surface area contributed by atoms with Gasteiger partial charge in [0.05, 0.1) is 5.56 Å². The number of hydrogen-bond acceptors (Lipinski definition) is 2. The van der Waals surface area contributed by atoms with Crippen LogP contribution in [0.5, 0.6) is 0 Å². The molecular formula is C7H4BrF3N2O. The molecule has 0 aliphatic heterocycles. The molecule has 1 aromatic heterocycles. The normalized spacial score (nSPS) is 11.4. The van der Waals surface area contributed by atoms with Gasteiger partial charge in [0, 0.05) is 10.7 Å². The topological polar surface area (TPSA) is 56.0 Å². The fourth-order valence-corrected chi connectivity index (χ4v) is 1.36. The van der Waals surface area contributed by atoms with Gasteiger partial charge in [0.15, 0.2) is 5.69 Å². The Labute approximate surface area is 85.2 Å². The number of aromatic nitrogens is 1. The molecule has 76 valence electrons. The summed E-state index contributed by atoms with van der Waals surface area (Å²) in [5, 5.41) is 0. The van der Waals surface area contributed by atoms with E-state index in [-0.39, 0.29) is 10.0 Å². The smallest absolute Gasteiger partial charge is 0.366 e. The Hall–Kier alpha value is -1.11. The number of halogens is 4. The lowest BCUT2D eigenvalue weighted by atomic mass is 10.2. The zero-order chi connectivity index (χ0) is 10.9. The Kier molecular flexibility index (Phi) is 2.79. The van der Waals surface area contributed by atoms with E-state index in [2.05, 4.69) is 20.9 Å². The number of nitrogens with two attached hydrogens (primary N) is 1. The molecule has 0 aromatic carbocycles. The number of alkyl halides is 3. The molecule has 1 heterocycles. The van der Waals surface area contributed by atoms with Crippen molar-refractivity contribution in [2.45, 2.75) is 6.18 Å². The van der Waals surface area contributed by atoms with Gasteiger partial charge in [-0.2, -0.15) is 13.2 Å². The van der Waals surface area contributed by atoms with Crippen molar-refractivity contribution >= 4 is 21.8 Å². The second-order valence-corrected chi connectivity index (χ2v) is 3.27. The van der Waals surface area contributed by atoms with Crippen LogP contribution >= 0.6 is 15.9 Å². The minimum atomic E-state index is -4.55. The van der Waals surface area contributed by atoms with Crippen molar-refractivity contribution in [2.75, 3.05) is 0 Å². The van der Waals surface area contributed by atoms with Crippen LogP contribution in [0.4, 0.5) is 13.2 Å². The summed E-state index contributed by atoms with van der Waals surface area (Å²) in [6.45, 7) is 0. The first kappa shape index (κ1) is 11.0. The zero-order valence-corrected chi connectivity index (χ0v) is 8.19. The van der Waals surface area contributed by atoms with Crippen molar-refractivity contribution in [1.82, 2.24) is 4.98 Å². The lowest BCUT2D eigenvalue weighted by Crippen LogP contribution is -2.14. The van der Waals surface area contributed by atoms with Gasteiger partial charge in [0.25, 0.3) is 0 Å². The van der Waals surface area contributed by atoms with Gasteiger partial charge in [-0.25, -0.2) is 4.98 Å². The largest absolute Gasteiger partial charge is 0.434 e. The van der Waals surface area contributed by atoms with Crippen molar-refractivity contribution in [2.24, 2.45) is 5.73 Å². The Morgan fingerprint density at radius 3 is 2.43 bits per heavy atom. The fraction of sp³-hybridized carbons (Fsp3) is 0.143. The summed E-state index contributed by atoms with van der Waals surface area (Å²) in [6, 6.07) is 0.984. The van der Waals surface area contributed by atoms with Crippen LogP contribution in [-0.4, -0.2) is 10.9 Å². The van der Waals surface area contributed by atoms with Crippen LogP contribution in [0.3, 0.4) is 0 Å². The van der Waals surface area contributed by atoms with Gasteiger partial charge in [0.1, 0.15) is 0 Å². The van der Waals surface area contributed by atoms with Gasteiger partial charge < -0.3 is 5.73 Å². The first-order valence-electron chi connectivity index (χ1n) is 3.35. The van der Waals surface area contributed by atoms with Crippen LogP contribution in [0.2, 0.25) is 0 Å². The molecule has 1 amide bonds. The van der Waals surface area contributed by atoms with Crippen LogP contribution in [0.1, 0.15) is 16.1 Å². The molecule has 1 rings (SSSR count). The predicted octanol–water partition coefficient (Wildman–Crippen LogP) is 1.96. The molecule has 0 bridgehead atoms. The monoisotopic (exact) mass is 268 g/mol. The molecule has 3 nitrogen and oxygen atoms in total. The number of carbonyl (C=O) groups excluding carboxylic acids is 1. The number of pyridine rings is 1. The molecule has 7 heteroatoms. The van der Waals surface area contributed by atoms with E-state index in [1.807, 2.05) is 0 Å². The molecule has 2 N–H and O–H groups in total. The summed E-state index contributed by atoms with van der Waals surface area (Å²) in [5.41, 5.74) is 3.70.